The van der Waals surface area contributed by atoms with E-state index in [1.165, 1.54) is 30.5 Å². The molecule has 104 valence electrons. The number of halogens is 3. The Morgan fingerprint density at radius 2 is 1.90 bits per heavy atom. The van der Waals surface area contributed by atoms with Crippen molar-refractivity contribution in [1.29, 1.82) is 0 Å². The second kappa shape index (κ2) is 5.46. The molecular formula is C13H9F3N2OS. The smallest absolute Gasteiger partial charge is 0.419 e. The van der Waals surface area contributed by atoms with Crippen LogP contribution in [0.1, 0.15) is 11.1 Å². The number of pyridine rings is 1. The number of para-hydroxylation sites is 1. The van der Waals surface area contributed by atoms with Gasteiger partial charge in [-0.05, 0) is 18.2 Å². The highest BCUT2D eigenvalue weighted by Gasteiger charge is 2.34. The lowest BCUT2D eigenvalue weighted by Crippen LogP contribution is -2.10. The lowest BCUT2D eigenvalue weighted by atomic mass is 10.2. The Morgan fingerprint density at radius 3 is 2.55 bits per heavy atom. The average molecular weight is 298 g/mol. The maximum absolute atomic E-state index is 12.8. The van der Waals surface area contributed by atoms with Crippen LogP contribution in [-0.4, -0.2) is 9.97 Å². The molecule has 0 atom stereocenters. The van der Waals surface area contributed by atoms with Gasteiger partial charge in [-0.25, -0.2) is 4.98 Å². The molecule has 0 unspecified atom stereocenters. The average Bonchev–Trinajstić information content (AvgIpc) is 2.38. The van der Waals surface area contributed by atoms with Crippen LogP contribution in [0.5, 0.6) is 11.6 Å². The zero-order valence-electron chi connectivity index (χ0n) is 10.0. The van der Waals surface area contributed by atoms with Crippen molar-refractivity contribution in [2.75, 3.05) is 0 Å². The zero-order chi connectivity index (χ0) is 14.8. The van der Waals surface area contributed by atoms with Crippen molar-refractivity contribution >= 4 is 17.2 Å². The maximum Gasteiger partial charge on any atom is 0.419 e. The minimum atomic E-state index is -4.50. The summed E-state index contributed by atoms with van der Waals surface area (Å²) in [5.41, 5.74) is 5.04. The summed E-state index contributed by atoms with van der Waals surface area (Å²) in [6.45, 7) is 0. The van der Waals surface area contributed by atoms with Crippen LogP contribution in [0.4, 0.5) is 13.2 Å². The Labute approximate surface area is 118 Å². The minimum Gasteiger partial charge on any atom is -0.438 e. The Balaban J connectivity index is 2.36. The van der Waals surface area contributed by atoms with Gasteiger partial charge >= 0.3 is 6.18 Å². The fourth-order valence-corrected chi connectivity index (χ4v) is 1.65. The Hall–Kier alpha value is -2.15. The number of ether oxygens (including phenoxy) is 1. The van der Waals surface area contributed by atoms with Gasteiger partial charge < -0.3 is 10.5 Å². The highest BCUT2D eigenvalue weighted by Crippen LogP contribution is 2.37. The third-order valence-electron chi connectivity index (χ3n) is 2.43. The topological polar surface area (TPSA) is 48.1 Å². The summed E-state index contributed by atoms with van der Waals surface area (Å²) in [5, 5.41) is 0. The third-order valence-corrected chi connectivity index (χ3v) is 2.66. The maximum atomic E-state index is 12.8. The zero-order valence-corrected chi connectivity index (χ0v) is 10.8. The molecule has 20 heavy (non-hydrogen) atoms. The summed E-state index contributed by atoms with van der Waals surface area (Å²) in [4.78, 5) is 3.95. The van der Waals surface area contributed by atoms with Gasteiger partial charge in [0.25, 0.3) is 0 Å². The summed E-state index contributed by atoms with van der Waals surface area (Å²) >= 11 is 4.79. The van der Waals surface area contributed by atoms with Crippen LogP contribution in [0.15, 0.2) is 42.6 Å². The van der Waals surface area contributed by atoms with Gasteiger partial charge in [-0.1, -0.05) is 24.4 Å². The van der Waals surface area contributed by atoms with E-state index >= 15 is 0 Å². The van der Waals surface area contributed by atoms with E-state index in [2.05, 4.69) is 4.98 Å². The Kier molecular flexibility index (Phi) is 3.89. The number of nitrogens with zero attached hydrogens (tertiary/aromatic N) is 1. The van der Waals surface area contributed by atoms with Gasteiger partial charge in [0.05, 0.1) is 5.56 Å². The van der Waals surface area contributed by atoms with E-state index in [0.717, 1.165) is 6.07 Å². The first kappa shape index (κ1) is 14.3. The van der Waals surface area contributed by atoms with E-state index in [-0.39, 0.29) is 16.6 Å². The Morgan fingerprint density at radius 1 is 1.20 bits per heavy atom. The number of thiocarbonyl (C=S) groups is 1. The predicted molar refractivity (Wildman–Crippen MR) is 71.6 cm³/mol. The van der Waals surface area contributed by atoms with Crippen molar-refractivity contribution in [2.24, 2.45) is 5.73 Å². The van der Waals surface area contributed by atoms with E-state index in [1.807, 2.05) is 0 Å². The number of hydrogen-bond donors (Lipinski definition) is 1. The van der Waals surface area contributed by atoms with Gasteiger partial charge in [0, 0.05) is 17.8 Å². The molecule has 1 heterocycles. The Bertz CT molecular complexity index is 644. The number of aromatic nitrogens is 1. The third kappa shape index (κ3) is 3.24. The lowest BCUT2D eigenvalue weighted by molar-refractivity contribution is -0.138. The van der Waals surface area contributed by atoms with Crippen molar-refractivity contribution in [3.63, 3.8) is 0 Å². The van der Waals surface area contributed by atoms with E-state index in [9.17, 15) is 13.2 Å². The molecule has 7 heteroatoms. The fraction of sp³-hybridized carbons (Fsp3) is 0.0769. The van der Waals surface area contributed by atoms with Crippen molar-refractivity contribution in [3.8, 4) is 11.6 Å². The van der Waals surface area contributed by atoms with Crippen LogP contribution >= 0.6 is 12.2 Å². The van der Waals surface area contributed by atoms with Crippen LogP contribution in [0, 0.1) is 0 Å². The highest BCUT2D eigenvalue weighted by molar-refractivity contribution is 7.80. The second-order valence-corrected chi connectivity index (χ2v) is 4.28. The summed E-state index contributed by atoms with van der Waals surface area (Å²) in [6.07, 6.45) is -3.14. The van der Waals surface area contributed by atoms with Gasteiger partial charge in [-0.15, -0.1) is 0 Å². The van der Waals surface area contributed by atoms with Crippen LogP contribution in [0.25, 0.3) is 0 Å². The number of benzene rings is 1. The molecule has 3 nitrogen and oxygen atoms in total. The number of rotatable bonds is 3. The van der Waals surface area contributed by atoms with E-state index < -0.39 is 11.7 Å². The predicted octanol–water partition coefficient (Wildman–Crippen LogP) is 3.53. The quantitative estimate of drug-likeness (QED) is 0.881. The number of alkyl halides is 3. The van der Waals surface area contributed by atoms with E-state index in [0.29, 0.717) is 5.56 Å². The molecule has 2 N–H and O–H groups in total. The van der Waals surface area contributed by atoms with Gasteiger partial charge in [0.1, 0.15) is 10.7 Å². The molecule has 0 bridgehead atoms. The van der Waals surface area contributed by atoms with Gasteiger partial charge in [-0.3, -0.25) is 0 Å². The summed E-state index contributed by atoms with van der Waals surface area (Å²) in [7, 11) is 0. The summed E-state index contributed by atoms with van der Waals surface area (Å²) < 4.78 is 43.6. The first-order valence-electron chi connectivity index (χ1n) is 5.48. The fourth-order valence-electron chi connectivity index (χ4n) is 1.52. The number of nitrogens with two attached hydrogens (primary N) is 1. The molecular weight excluding hydrogens is 289 g/mol. The summed E-state index contributed by atoms with van der Waals surface area (Å²) in [5.74, 6) is -0.334. The van der Waals surface area contributed by atoms with E-state index in [4.69, 9.17) is 22.7 Å². The summed E-state index contributed by atoms with van der Waals surface area (Å²) in [6, 6.07) is 7.82. The van der Waals surface area contributed by atoms with Gasteiger partial charge in [-0.2, -0.15) is 13.2 Å². The molecule has 1 aromatic heterocycles. The first-order valence-corrected chi connectivity index (χ1v) is 5.88. The molecule has 0 radical (unpaired) electrons. The molecule has 0 aliphatic heterocycles. The largest absolute Gasteiger partial charge is 0.438 e. The molecule has 2 rings (SSSR count). The van der Waals surface area contributed by atoms with Crippen LogP contribution in [-0.2, 0) is 6.18 Å². The van der Waals surface area contributed by atoms with Crippen LogP contribution in [0.2, 0.25) is 0 Å². The van der Waals surface area contributed by atoms with Crippen molar-refractivity contribution in [1.82, 2.24) is 4.98 Å². The first-order chi connectivity index (χ1) is 9.38. The lowest BCUT2D eigenvalue weighted by Gasteiger charge is -2.13. The van der Waals surface area contributed by atoms with E-state index in [1.54, 1.807) is 6.07 Å². The minimum absolute atomic E-state index is 0.00741. The molecule has 2 aromatic rings. The molecule has 0 saturated heterocycles. The van der Waals surface area contributed by atoms with Crippen LogP contribution in [0.3, 0.4) is 0 Å². The molecule has 1 aromatic carbocycles. The second-order valence-electron chi connectivity index (χ2n) is 3.84. The van der Waals surface area contributed by atoms with Gasteiger partial charge in [0.2, 0.25) is 5.88 Å². The molecule has 0 fully saturated rings. The SMILES string of the molecule is NC(=S)c1ccnc(Oc2ccccc2C(F)(F)F)c1. The molecule has 0 aliphatic rings. The van der Waals surface area contributed by atoms with Crippen molar-refractivity contribution < 1.29 is 17.9 Å². The van der Waals surface area contributed by atoms with Crippen molar-refractivity contribution in [3.05, 3.63) is 53.7 Å². The molecule has 0 amide bonds. The number of hydrogen-bond acceptors (Lipinski definition) is 3. The molecule has 0 aliphatic carbocycles. The normalized spacial score (nSPS) is 11.2. The molecule has 0 spiro atoms. The van der Waals surface area contributed by atoms with Crippen molar-refractivity contribution in [2.45, 2.75) is 6.18 Å². The van der Waals surface area contributed by atoms with Gasteiger partial charge in [0.15, 0.2) is 0 Å². The highest BCUT2D eigenvalue weighted by atomic mass is 32.1. The standard InChI is InChI=1S/C13H9F3N2OS/c14-13(15,16)9-3-1-2-4-10(9)19-11-7-8(12(17)20)5-6-18-11/h1-7H,(H2,17,20). The molecule has 0 saturated carbocycles. The van der Waals surface area contributed by atoms with Crippen LogP contribution < -0.4 is 10.5 Å². The monoisotopic (exact) mass is 298 g/mol.